The van der Waals surface area contributed by atoms with E-state index in [-0.39, 0.29) is 5.56 Å². The summed E-state index contributed by atoms with van der Waals surface area (Å²) in [6.07, 6.45) is -9.12. The van der Waals surface area contributed by atoms with Crippen LogP contribution in [0.15, 0.2) is 91.0 Å². The van der Waals surface area contributed by atoms with E-state index in [9.17, 15) is 26.3 Å². The van der Waals surface area contributed by atoms with Gasteiger partial charge in [0.25, 0.3) is 0 Å². The minimum Gasteiger partial charge on any atom is -0.308 e. The summed E-state index contributed by atoms with van der Waals surface area (Å²) in [6.45, 7) is 10.3. The van der Waals surface area contributed by atoms with Gasteiger partial charge in [-0.15, -0.1) is 0 Å². The number of benzene rings is 5. The van der Waals surface area contributed by atoms with Crippen LogP contribution >= 0.6 is 0 Å². The molecule has 57 heavy (non-hydrogen) atoms. The van der Waals surface area contributed by atoms with Crippen molar-refractivity contribution in [2.45, 2.75) is 53.9 Å². The number of halogens is 6. The van der Waals surface area contributed by atoms with Gasteiger partial charge >= 0.3 is 12.4 Å². The molecular formula is C44H33F6N7. The SMILES string of the molecule is Cc1ccc(-c2ccc3c4ccc(-c5ccc(C(F)(F)F)cc5C)cc4n(-c4ccc(-c5nc(C)nc(C)n5)cc4-c4nc(C)nc(C)n4)c3c2)c(C(F)(F)F)c1. The summed E-state index contributed by atoms with van der Waals surface area (Å²) >= 11 is 0. The van der Waals surface area contributed by atoms with Crippen LogP contribution in [0, 0.1) is 41.5 Å². The van der Waals surface area contributed by atoms with Crippen LogP contribution in [-0.2, 0) is 12.4 Å². The zero-order valence-electron chi connectivity index (χ0n) is 31.6. The van der Waals surface area contributed by atoms with E-state index in [4.69, 9.17) is 9.97 Å². The predicted molar refractivity (Wildman–Crippen MR) is 208 cm³/mol. The highest BCUT2D eigenvalue weighted by molar-refractivity contribution is 6.11. The molecule has 0 N–H and O–H groups in total. The Balaban J connectivity index is 1.47. The molecule has 0 fully saturated rings. The lowest BCUT2D eigenvalue weighted by molar-refractivity contribution is -0.138. The molecular weight excluding hydrogens is 741 g/mol. The first-order valence-corrected chi connectivity index (χ1v) is 17.9. The molecule has 13 heteroatoms. The number of hydrogen-bond acceptors (Lipinski definition) is 6. The molecule has 0 saturated carbocycles. The maximum absolute atomic E-state index is 14.5. The zero-order chi connectivity index (χ0) is 40.6. The molecule has 8 aromatic rings. The Morgan fingerprint density at radius 1 is 0.439 bits per heavy atom. The molecule has 0 atom stereocenters. The van der Waals surface area contributed by atoms with Crippen molar-refractivity contribution >= 4 is 21.8 Å². The van der Waals surface area contributed by atoms with Crippen molar-refractivity contribution < 1.29 is 26.3 Å². The quantitative estimate of drug-likeness (QED) is 0.162. The number of nitrogens with zero attached hydrogens (tertiary/aromatic N) is 7. The van der Waals surface area contributed by atoms with Gasteiger partial charge in [-0.1, -0.05) is 48.0 Å². The maximum Gasteiger partial charge on any atom is 0.417 e. The van der Waals surface area contributed by atoms with E-state index >= 15 is 0 Å². The minimum atomic E-state index is -4.61. The molecule has 3 heterocycles. The summed E-state index contributed by atoms with van der Waals surface area (Å²) in [5.41, 5.74) is 4.04. The number of fused-ring (bicyclic) bond motifs is 3. The molecule has 0 unspecified atom stereocenters. The first-order chi connectivity index (χ1) is 26.9. The molecule has 0 bridgehead atoms. The molecule has 0 aliphatic carbocycles. The van der Waals surface area contributed by atoms with E-state index in [1.807, 2.05) is 41.0 Å². The summed E-state index contributed by atoms with van der Waals surface area (Å²) in [6, 6.07) is 24.3. The molecule has 286 valence electrons. The van der Waals surface area contributed by atoms with Gasteiger partial charge in [-0.05, 0) is 118 Å². The highest BCUT2D eigenvalue weighted by Gasteiger charge is 2.34. The lowest BCUT2D eigenvalue weighted by Gasteiger charge is -2.17. The van der Waals surface area contributed by atoms with Crippen LogP contribution in [0.25, 0.3) is 72.5 Å². The molecule has 7 nitrogen and oxygen atoms in total. The van der Waals surface area contributed by atoms with E-state index in [0.29, 0.717) is 90.6 Å². The normalized spacial score (nSPS) is 12.2. The average molecular weight is 774 g/mol. The van der Waals surface area contributed by atoms with Crippen molar-refractivity contribution in [3.63, 3.8) is 0 Å². The zero-order valence-corrected chi connectivity index (χ0v) is 31.6. The Labute approximate surface area is 323 Å². The monoisotopic (exact) mass is 773 g/mol. The topological polar surface area (TPSA) is 82.3 Å². The first kappa shape index (κ1) is 37.4. The predicted octanol–water partition coefficient (Wildman–Crippen LogP) is 11.7. The van der Waals surface area contributed by atoms with Crippen LogP contribution < -0.4 is 0 Å². The highest BCUT2D eigenvalue weighted by Crippen LogP contribution is 2.43. The van der Waals surface area contributed by atoms with Crippen molar-refractivity contribution in [3.8, 4) is 50.7 Å². The van der Waals surface area contributed by atoms with Crippen molar-refractivity contribution in [1.29, 1.82) is 0 Å². The average Bonchev–Trinajstić information content (AvgIpc) is 3.45. The molecule has 0 radical (unpaired) electrons. The van der Waals surface area contributed by atoms with Crippen molar-refractivity contribution in [3.05, 3.63) is 137 Å². The third-order valence-electron chi connectivity index (χ3n) is 9.88. The fourth-order valence-electron chi connectivity index (χ4n) is 7.45. The Morgan fingerprint density at radius 3 is 1.51 bits per heavy atom. The molecule has 8 rings (SSSR count). The molecule has 0 aliphatic heterocycles. The van der Waals surface area contributed by atoms with E-state index in [2.05, 4.69) is 19.9 Å². The van der Waals surface area contributed by atoms with Crippen molar-refractivity contribution in [2.75, 3.05) is 0 Å². The fraction of sp³-hybridized carbons (Fsp3) is 0.182. The van der Waals surface area contributed by atoms with Gasteiger partial charge in [-0.3, -0.25) is 0 Å². The molecule has 0 amide bonds. The summed E-state index contributed by atoms with van der Waals surface area (Å²) in [4.78, 5) is 27.3. The van der Waals surface area contributed by atoms with Gasteiger partial charge in [0, 0.05) is 21.9 Å². The third-order valence-corrected chi connectivity index (χ3v) is 9.88. The van der Waals surface area contributed by atoms with Crippen LogP contribution in [0.4, 0.5) is 26.3 Å². The van der Waals surface area contributed by atoms with E-state index in [0.717, 1.165) is 29.0 Å². The van der Waals surface area contributed by atoms with E-state index < -0.39 is 23.5 Å². The highest BCUT2D eigenvalue weighted by atomic mass is 19.4. The minimum absolute atomic E-state index is 0.0211. The second kappa shape index (κ2) is 13.6. The molecule has 3 aromatic heterocycles. The van der Waals surface area contributed by atoms with Crippen LogP contribution in [0.3, 0.4) is 0 Å². The van der Waals surface area contributed by atoms with Gasteiger partial charge in [-0.25, -0.2) is 29.9 Å². The third kappa shape index (κ3) is 6.98. The van der Waals surface area contributed by atoms with Gasteiger partial charge in [-0.2, -0.15) is 26.3 Å². The van der Waals surface area contributed by atoms with E-state index in [1.54, 1.807) is 65.8 Å². The maximum atomic E-state index is 14.5. The molecule has 0 aliphatic rings. The Hall–Kier alpha value is -6.50. The van der Waals surface area contributed by atoms with Gasteiger partial charge < -0.3 is 4.57 Å². The van der Waals surface area contributed by atoms with Crippen molar-refractivity contribution in [2.24, 2.45) is 0 Å². The van der Waals surface area contributed by atoms with Gasteiger partial charge in [0.1, 0.15) is 23.3 Å². The smallest absolute Gasteiger partial charge is 0.308 e. The summed E-state index contributed by atoms with van der Waals surface area (Å²) in [5.74, 6) is 2.79. The molecule has 5 aromatic carbocycles. The number of aryl methyl sites for hydroxylation is 6. The number of rotatable bonds is 5. The molecule has 0 spiro atoms. The Kier molecular flexibility index (Phi) is 8.94. The summed E-state index contributed by atoms with van der Waals surface area (Å²) in [5, 5.41) is 1.51. The van der Waals surface area contributed by atoms with Crippen LogP contribution in [0.2, 0.25) is 0 Å². The van der Waals surface area contributed by atoms with Gasteiger partial charge in [0.2, 0.25) is 0 Å². The van der Waals surface area contributed by atoms with Gasteiger partial charge in [0.05, 0.1) is 27.8 Å². The second-order valence-corrected chi connectivity index (χ2v) is 14.1. The standard InChI is InChI=1S/C44H33F6N7/c1-22-7-12-33(37(17-22)44(48,49)50)29-9-14-35-34-13-8-28(32-15-11-31(18-23(32)2)43(45,46)47)20-39(34)57(40(35)21-29)38-16-10-30(41-53-24(3)51-25(4)54-41)19-36(38)42-55-26(5)52-27(6)56-42/h7-21H,1-6H3. The van der Waals surface area contributed by atoms with E-state index in [1.165, 1.54) is 12.1 Å². The van der Waals surface area contributed by atoms with Crippen LogP contribution in [0.1, 0.15) is 45.6 Å². The summed E-state index contributed by atoms with van der Waals surface area (Å²) in [7, 11) is 0. The number of alkyl halides is 6. The number of hydrogen-bond donors (Lipinski definition) is 0. The second-order valence-electron chi connectivity index (χ2n) is 14.1. The summed E-state index contributed by atoms with van der Waals surface area (Å²) < 4.78 is 86.4. The van der Waals surface area contributed by atoms with Crippen LogP contribution in [0.5, 0.6) is 0 Å². The van der Waals surface area contributed by atoms with Crippen molar-refractivity contribution in [1.82, 2.24) is 34.5 Å². The molecule has 0 saturated heterocycles. The Bertz CT molecular complexity index is 2870. The largest absolute Gasteiger partial charge is 0.417 e. The number of aromatic nitrogens is 7. The lowest BCUT2D eigenvalue weighted by Crippen LogP contribution is -2.07. The fourth-order valence-corrected chi connectivity index (χ4v) is 7.45. The lowest BCUT2D eigenvalue weighted by atomic mass is 9.96. The first-order valence-electron chi connectivity index (χ1n) is 17.9. The van der Waals surface area contributed by atoms with Gasteiger partial charge in [0.15, 0.2) is 11.6 Å². The Morgan fingerprint density at radius 2 is 0.965 bits per heavy atom. The van der Waals surface area contributed by atoms with Crippen LogP contribution in [-0.4, -0.2) is 34.5 Å².